The average molecular weight is 215 g/mol. The summed E-state index contributed by atoms with van der Waals surface area (Å²) in [5.74, 6) is 1.95. The Labute approximate surface area is 95.5 Å². The van der Waals surface area contributed by atoms with Crippen LogP contribution in [0.2, 0.25) is 0 Å². The molecule has 1 aliphatic rings. The standard InChI is InChI=1S/C13H17N3/c1-9-5-6-16-12(7-9)11(8-14-2)15-13(16)10-3-4-10/h5-7,10,14H,3-4,8H2,1-2H3. The number of pyridine rings is 1. The van der Waals surface area contributed by atoms with Crippen LogP contribution in [0.3, 0.4) is 0 Å². The fourth-order valence-corrected chi connectivity index (χ4v) is 2.20. The van der Waals surface area contributed by atoms with Crippen molar-refractivity contribution in [2.45, 2.75) is 32.2 Å². The van der Waals surface area contributed by atoms with E-state index in [1.807, 2.05) is 7.05 Å². The molecular formula is C13H17N3. The summed E-state index contributed by atoms with van der Waals surface area (Å²) in [6, 6.07) is 4.38. The monoisotopic (exact) mass is 215 g/mol. The molecular weight excluding hydrogens is 198 g/mol. The number of hydrogen-bond acceptors (Lipinski definition) is 2. The zero-order valence-electron chi connectivity index (χ0n) is 9.83. The van der Waals surface area contributed by atoms with E-state index in [-0.39, 0.29) is 0 Å². The van der Waals surface area contributed by atoms with Crippen molar-refractivity contribution in [3.63, 3.8) is 0 Å². The van der Waals surface area contributed by atoms with Crippen molar-refractivity contribution >= 4 is 5.52 Å². The molecule has 1 saturated carbocycles. The third-order valence-electron chi connectivity index (χ3n) is 3.19. The second kappa shape index (κ2) is 3.59. The fourth-order valence-electron chi connectivity index (χ4n) is 2.20. The van der Waals surface area contributed by atoms with Gasteiger partial charge in [0.05, 0.1) is 11.2 Å². The maximum atomic E-state index is 4.78. The molecule has 0 aromatic carbocycles. The van der Waals surface area contributed by atoms with E-state index in [9.17, 15) is 0 Å². The Hall–Kier alpha value is -1.35. The van der Waals surface area contributed by atoms with Crippen molar-refractivity contribution < 1.29 is 0 Å². The van der Waals surface area contributed by atoms with Crippen LogP contribution in [0, 0.1) is 6.92 Å². The zero-order chi connectivity index (χ0) is 11.1. The first-order valence-electron chi connectivity index (χ1n) is 5.91. The van der Waals surface area contributed by atoms with E-state index in [1.165, 1.54) is 35.4 Å². The van der Waals surface area contributed by atoms with E-state index < -0.39 is 0 Å². The Morgan fingerprint density at radius 1 is 1.50 bits per heavy atom. The molecule has 1 aliphatic carbocycles. The van der Waals surface area contributed by atoms with Crippen LogP contribution in [0.15, 0.2) is 18.3 Å². The predicted octanol–water partition coefficient (Wildman–Crippen LogP) is 2.24. The van der Waals surface area contributed by atoms with Crippen LogP contribution in [0.25, 0.3) is 5.52 Å². The van der Waals surface area contributed by atoms with Gasteiger partial charge in [0.2, 0.25) is 0 Å². The van der Waals surface area contributed by atoms with E-state index in [0.717, 1.165) is 6.54 Å². The van der Waals surface area contributed by atoms with Gasteiger partial charge in [-0.25, -0.2) is 4.98 Å². The van der Waals surface area contributed by atoms with Gasteiger partial charge in [0, 0.05) is 18.7 Å². The molecule has 1 fully saturated rings. The molecule has 0 bridgehead atoms. The summed E-state index contributed by atoms with van der Waals surface area (Å²) in [6.45, 7) is 2.98. The zero-order valence-corrected chi connectivity index (χ0v) is 9.83. The molecule has 3 heteroatoms. The minimum absolute atomic E-state index is 0.695. The lowest BCUT2D eigenvalue weighted by Gasteiger charge is -2.00. The van der Waals surface area contributed by atoms with E-state index in [2.05, 4.69) is 35.0 Å². The van der Waals surface area contributed by atoms with Gasteiger partial charge in [-0.05, 0) is 44.5 Å². The molecule has 0 saturated heterocycles. The average Bonchev–Trinajstić information content (AvgIpc) is 3.04. The van der Waals surface area contributed by atoms with Gasteiger partial charge in [-0.2, -0.15) is 0 Å². The number of nitrogens with one attached hydrogen (secondary N) is 1. The molecule has 0 spiro atoms. The number of rotatable bonds is 3. The summed E-state index contributed by atoms with van der Waals surface area (Å²) >= 11 is 0. The number of aromatic nitrogens is 2. The van der Waals surface area contributed by atoms with Gasteiger partial charge in [-0.1, -0.05) is 0 Å². The van der Waals surface area contributed by atoms with E-state index in [0.29, 0.717) is 5.92 Å². The van der Waals surface area contributed by atoms with Crippen LogP contribution in [-0.2, 0) is 6.54 Å². The quantitative estimate of drug-likeness (QED) is 0.850. The maximum absolute atomic E-state index is 4.78. The molecule has 84 valence electrons. The van der Waals surface area contributed by atoms with Gasteiger partial charge in [0.25, 0.3) is 0 Å². The fraction of sp³-hybridized carbons (Fsp3) is 0.462. The number of aryl methyl sites for hydroxylation is 1. The SMILES string of the molecule is CNCc1nc(C2CC2)n2ccc(C)cc12. The van der Waals surface area contributed by atoms with E-state index in [1.54, 1.807) is 0 Å². The first-order chi connectivity index (χ1) is 7.79. The first kappa shape index (κ1) is 9.85. The molecule has 16 heavy (non-hydrogen) atoms. The summed E-state index contributed by atoms with van der Waals surface area (Å²) in [4.78, 5) is 4.78. The lowest BCUT2D eigenvalue weighted by molar-refractivity contribution is 0.795. The third-order valence-corrected chi connectivity index (χ3v) is 3.19. The minimum Gasteiger partial charge on any atom is -0.314 e. The topological polar surface area (TPSA) is 29.3 Å². The second-order valence-corrected chi connectivity index (χ2v) is 4.68. The predicted molar refractivity (Wildman–Crippen MR) is 64.7 cm³/mol. The van der Waals surface area contributed by atoms with Crippen molar-refractivity contribution in [1.82, 2.24) is 14.7 Å². The van der Waals surface area contributed by atoms with Gasteiger partial charge in [-0.15, -0.1) is 0 Å². The van der Waals surface area contributed by atoms with E-state index in [4.69, 9.17) is 4.98 Å². The first-order valence-corrected chi connectivity index (χ1v) is 5.91. The molecule has 0 atom stereocenters. The molecule has 2 aromatic heterocycles. The highest BCUT2D eigenvalue weighted by molar-refractivity contribution is 5.55. The smallest absolute Gasteiger partial charge is 0.116 e. The summed E-state index contributed by atoms with van der Waals surface area (Å²) < 4.78 is 2.26. The van der Waals surface area contributed by atoms with Crippen molar-refractivity contribution in [1.29, 1.82) is 0 Å². The Morgan fingerprint density at radius 2 is 2.31 bits per heavy atom. The Morgan fingerprint density at radius 3 is 3.00 bits per heavy atom. The molecule has 0 amide bonds. The largest absolute Gasteiger partial charge is 0.314 e. The van der Waals surface area contributed by atoms with E-state index >= 15 is 0 Å². The maximum Gasteiger partial charge on any atom is 0.116 e. The van der Waals surface area contributed by atoms with Gasteiger partial charge >= 0.3 is 0 Å². The molecule has 2 aromatic rings. The summed E-state index contributed by atoms with van der Waals surface area (Å²) in [5.41, 5.74) is 3.73. The molecule has 1 N–H and O–H groups in total. The lowest BCUT2D eigenvalue weighted by Crippen LogP contribution is -2.05. The molecule has 3 nitrogen and oxygen atoms in total. The summed E-state index contributed by atoms with van der Waals surface area (Å²) in [6.07, 6.45) is 4.75. The van der Waals surface area contributed by atoms with Gasteiger partial charge < -0.3 is 9.72 Å². The number of imidazole rings is 1. The highest BCUT2D eigenvalue weighted by Crippen LogP contribution is 2.40. The highest BCUT2D eigenvalue weighted by atomic mass is 15.0. The Bertz CT molecular complexity index is 523. The normalized spacial score (nSPS) is 15.9. The minimum atomic E-state index is 0.695. The van der Waals surface area contributed by atoms with Crippen LogP contribution >= 0.6 is 0 Å². The van der Waals surface area contributed by atoms with Gasteiger partial charge in [-0.3, -0.25) is 0 Å². The third kappa shape index (κ3) is 1.52. The van der Waals surface area contributed by atoms with Crippen molar-refractivity contribution in [2.75, 3.05) is 7.05 Å². The Kier molecular flexibility index (Phi) is 2.21. The molecule has 0 aliphatic heterocycles. The Balaban J connectivity index is 2.20. The highest BCUT2D eigenvalue weighted by Gasteiger charge is 2.28. The van der Waals surface area contributed by atoms with Gasteiger partial charge in [0.15, 0.2) is 0 Å². The molecule has 0 unspecified atom stereocenters. The van der Waals surface area contributed by atoms with Crippen LogP contribution in [0.4, 0.5) is 0 Å². The number of hydrogen-bond donors (Lipinski definition) is 1. The molecule has 3 rings (SSSR count). The van der Waals surface area contributed by atoms with Crippen molar-refractivity contribution in [3.8, 4) is 0 Å². The lowest BCUT2D eigenvalue weighted by atomic mass is 10.2. The van der Waals surface area contributed by atoms with Crippen LogP contribution in [-0.4, -0.2) is 16.4 Å². The summed E-state index contributed by atoms with van der Waals surface area (Å²) in [7, 11) is 1.97. The number of nitrogens with zero attached hydrogens (tertiary/aromatic N) is 2. The summed E-state index contributed by atoms with van der Waals surface area (Å²) in [5, 5.41) is 3.19. The van der Waals surface area contributed by atoms with Crippen molar-refractivity contribution in [3.05, 3.63) is 35.4 Å². The van der Waals surface area contributed by atoms with Crippen LogP contribution in [0.1, 0.15) is 35.8 Å². The molecule has 0 radical (unpaired) electrons. The molecule has 2 heterocycles. The number of fused-ring (bicyclic) bond motifs is 1. The van der Waals surface area contributed by atoms with Gasteiger partial charge in [0.1, 0.15) is 5.82 Å². The van der Waals surface area contributed by atoms with Crippen molar-refractivity contribution in [2.24, 2.45) is 0 Å². The van der Waals surface area contributed by atoms with Crippen LogP contribution in [0.5, 0.6) is 0 Å². The van der Waals surface area contributed by atoms with Crippen LogP contribution < -0.4 is 5.32 Å². The second-order valence-electron chi connectivity index (χ2n) is 4.68.